The maximum atomic E-state index is 13.1. The first-order valence-corrected chi connectivity index (χ1v) is 25.9. The number of thiazole rings is 2. The zero-order valence-electron chi connectivity index (χ0n) is 39.2. The van der Waals surface area contributed by atoms with Crippen molar-refractivity contribution >= 4 is 50.7 Å². The monoisotopic (exact) mass is 965 g/mol. The largest absolute Gasteiger partial charge is 0.351 e. The molecule has 3 amide bonds. The van der Waals surface area contributed by atoms with Crippen molar-refractivity contribution in [1.29, 1.82) is 0 Å². The first-order valence-electron chi connectivity index (χ1n) is 24.1. The second kappa shape index (κ2) is 25.0. The lowest BCUT2D eigenvalue weighted by molar-refractivity contribution is -0.116. The second-order valence-electron chi connectivity index (χ2n) is 17.1. The highest BCUT2D eigenvalue weighted by atomic mass is 32.1. The summed E-state index contributed by atoms with van der Waals surface area (Å²) in [6, 6.07) is 63.4. The summed E-state index contributed by atoms with van der Waals surface area (Å²) >= 11 is 2.36. The Bertz CT molecular complexity index is 2650. The molecular formula is C58H59N7O3S2. The molecule has 10 nitrogen and oxygen atoms in total. The number of anilines is 2. The minimum absolute atomic E-state index is 0.151. The van der Waals surface area contributed by atoms with Gasteiger partial charge < -0.3 is 10.6 Å². The number of rotatable bonds is 25. The molecule has 6 aromatic carbocycles. The number of unbranched alkanes of at least 4 members (excludes halogenated alkanes) is 5. The fourth-order valence-electron chi connectivity index (χ4n) is 8.99. The fourth-order valence-corrected chi connectivity index (χ4v) is 10.4. The van der Waals surface area contributed by atoms with E-state index in [0.717, 1.165) is 68.3 Å². The van der Waals surface area contributed by atoms with Crippen LogP contribution in [0.5, 0.6) is 0 Å². The summed E-state index contributed by atoms with van der Waals surface area (Å²) in [6.07, 6.45) is 6.56. The molecule has 0 aliphatic carbocycles. The number of hydrogen-bond donors (Lipinski definition) is 5. The zero-order valence-corrected chi connectivity index (χ0v) is 40.8. The number of carbonyl (C=O) groups excluding carboxylic acids is 3. The van der Waals surface area contributed by atoms with Crippen LogP contribution in [0.1, 0.15) is 106 Å². The summed E-state index contributed by atoms with van der Waals surface area (Å²) < 4.78 is 0. The Morgan fingerprint density at radius 1 is 0.386 bits per heavy atom. The molecule has 2 aromatic heterocycles. The maximum Gasteiger partial charge on any atom is 0.276 e. The molecule has 2 heterocycles. The van der Waals surface area contributed by atoms with Crippen LogP contribution in [0.2, 0.25) is 0 Å². The van der Waals surface area contributed by atoms with E-state index in [2.05, 4.69) is 200 Å². The lowest BCUT2D eigenvalue weighted by Crippen LogP contribution is -2.45. The van der Waals surface area contributed by atoms with Crippen molar-refractivity contribution < 1.29 is 14.4 Å². The summed E-state index contributed by atoms with van der Waals surface area (Å²) in [4.78, 5) is 47.6. The predicted molar refractivity (Wildman–Crippen MR) is 285 cm³/mol. The Morgan fingerprint density at radius 3 is 1.10 bits per heavy atom. The fraction of sp³-hybridized carbons (Fsp3) is 0.224. The molecule has 0 aliphatic heterocycles. The molecule has 0 saturated carbocycles. The van der Waals surface area contributed by atoms with Crippen molar-refractivity contribution in [2.75, 3.05) is 30.3 Å². The van der Waals surface area contributed by atoms with Crippen LogP contribution < -0.4 is 26.6 Å². The molecule has 356 valence electrons. The number of hydrogen-bond acceptors (Lipinski definition) is 9. The van der Waals surface area contributed by atoms with Gasteiger partial charge in [0.2, 0.25) is 5.91 Å². The van der Waals surface area contributed by atoms with Crippen molar-refractivity contribution in [3.8, 4) is 0 Å². The first kappa shape index (κ1) is 49.3. The highest BCUT2D eigenvalue weighted by Gasteiger charge is 2.36. The number of carbonyl (C=O) groups is 3. The van der Waals surface area contributed by atoms with Gasteiger partial charge in [-0.1, -0.05) is 201 Å². The van der Waals surface area contributed by atoms with Gasteiger partial charge in [-0.2, -0.15) is 0 Å². The van der Waals surface area contributed by atoms with E-state index in [-0.39, 0.29) is 23.2 Å². The molecule has 0 bridgehead atoms. The molecule has 0 unspecified atom stereocenters. The van der Waals surface area contributed by atoms with Crippen LogP contribution >= 0.6 is 22.7 Å². The molecule has 0 fully saturated rings. The van der Waals surface area contributed by atoms with E-state index >= 15 is 0 Å². The third-order valence-corrected chi connectivity index (χ3v) is 13.9. The Morgan fingerprint density at radius 2 is 0.714 bits per heavy atom. The summed E-state index contributed by atoms with van der Waals surface area (Å²) in [5.41, 5.74) is 6.44. The van der Waals surface area contributed by atoms with Gasteiger partial charge in [0.1, 0.15) is 11.4 Å². The smallest absolute Gasteiger partial charge is 0.276 e. The normalized spacial score (nSPS) is 11.5. The summed E-state index contributed by atoms with van der Waals surface area (Å²) in [5.74, 6) is -0.904. The highest BCUT2D eigenvalue weighted by molar-refractivity contribution is 7.14. The van der Waals surface area contributed by atoms with Gasteiger partial charge in [0, 0.05) is 23.7 Å². The second-order valence-corrected chi connectivity index (χ2v) is 18.8. The Balaban J connectivity index is 0.735. The van der Waals surface area contributed by atoms with Gasteiger partial charge >= 0.3 is 0 Å². The van der Waals surface area contributed by atoms with Crippen LogP contribution in [0, 0.1) is 0 Å². The van der Waals surface area contributed by atoms with Crippen molar-refractivity contribution in [2.24, 2.45) is 0 Å². The lowest BCUT2D eigenvalue weighted by Gasteiger charge is -2.37. The van der Waals surface area contributed by atoms with E-state index in [0.29, 0.717) is 29.6 Å². The Kier molecular flexibility index (Phi) is 17.6. The Hall–Kier alpha value is -7.09. The van der Waals surface area contributed by atoms with E-state index in [1.807, 2.05) is 18.2 Å². The molecule has 0 atom stereocenters. The van der Waals surface area contributed by atoms with E-state index in [1.54, 1.807) is 10.8 Å². The lowest BCUT2D eigenvalue weighted by atomic mass is 9.77. The van der Waals surface area contributed by atoms with Crippen LogP contribution in [0.15, 0.2) is 193 Å². The van der Waals surface area contributed by atoms with Gasteiger partial charge in [-0.05, 0) is 72.2 Å². The van der Waals surface area contributed by atoms with Crippen LogP contribution in [0.25, 0.3) is 0 Å². The number of aromatic nitrogens is 2. The molecule has 0 saturated heterocycles. The van der Waals surface area contributed by atoms with Crippen molar-refractivity contribution in [2.45, 2.75) is 62.4 Å². The summed E-state index contributed by atoms with van der Waals surface area (Å²) in [5, 5.41) is 20.3. The van der Waals surface area contributed by atoms with Crippen molar-refractivity contribution in [3.63, 3.8) is 0 Å². The molecule has 8 aromatic rings. The van der Waals surface area contributed by atoms with Crippen molar-refractivity contribution in [3.05, 3.63) is 238 Å². The summed E-state index contributed by atoms with van der Waals surface area (Å²) in [7, 11) is 0. The number of nitrogens with zero attached hydrogens (tertiary/aromatic N) is 2. The molecule has 70 heavy (non-hydrogen) atoms. The van der Waals surface area contributed by atoms with Gasteiger partial charge in [-0.15, -0.1) is 22.7 Å². The quantitative estimate of drug-likeness (QED) is 0.0284. The summed E-state index contributed by atoms with van der Waals surface area (Å²) in [6.45, 7) is 2.09. The molecule has 0 aliphatic rings. The standard InChI is InChI=1S/C58H59N7O3S2/c66-52(38-22-9-25-41-61-58(47-32-16-6-17-33-47,48-34-18-7-19-35-48)49-36-20-8-21-37-49)64-55-63-51(43-69-55)54(68)65-56-62-50(42-70-56)53(67)59-39-23-1-2-24-40-60-57(44-26-10-3-11-27-44,45-28-12-4-13-29-45)46-30-14-5-15-31-46/h3-8,10-21,26-37,42-43,60-61H,1-2,9,22-25,38-41H2,(H,59,67)(H,62,65,68)(H,63,64,66). The zero-order chi connectivity index (χ0) is 48.3. The van der Waals surface area contributed by atoms with Crippen LogP contribution in [0.3, 0.4) is 0 Å². The van der Waals surface area contributed by atoms with Crippen molar-refractivity contribution in [1.82, 2.24) is 25.9 Å². The predicted octanol–water partition coefficient (Wildman–Crippen LogP) is 11.8. The topological polar surface area (TPSA) is 137 Å². The van der Waals surface area contributed by atoms with Crippen LogP contribution in [-0.2, 0) is 15.9 Å². The van der Waals surface area contributed by atoms with Gasteiger partial charge in [-0.3, -0.25) is 30.3 Å². The minimum Gasteiger partial charge on any atom is -0.351 e. The maximum absolute atomic E-state index is 13.1. The molecule has 0 spiro atoms. The average molecular weight is 966 g/mol. The SMILES string of the molecule is O=C(CCCCCNC(c1ccccc1)(c1ccccc1)c1ccccc1)Nc1nc(C(=O)Nc2nc(C(=O)NCCCCCCNC(c3ccccc3)(c3ccccc3)c3ccccc3)cs2)cs1. The van der Waals surface area contributed by atoms with E-state index in [1.165, 1.54) is 39.4 Å². The molecule has 0 radical (unpaired) electrons. The molecule has 8 rings (SSSR count). The van der Waals surface area contributed by atoms with E-state index in [9.17, 15) is 14.4 Å². The van der Waals surface area contributed by atoms with Gasteiger partial charge in [-0.25, -0.2) is 9.97 Å². The molecular weight excluding hydrogens is 907 g/mol. The number of nitrogens with one attached hydrogen (secondary N) is 5. The van der Waals surface area contributed by atoms with Gasteiger partial charge in [0.15, 0.2) is 10.3 Å². The van der Waals surface area contributed by atoms with Gasteiger partial charge in [0.05, 0.1) is 11.1 Å². The third-order valence-electron chi connectivity index (χ3n) is 12.4. The van der Waals surface area contributed by atoms with E-state index < -0.39 is 17.0 Å². The molecule has 5 N–H and O–H groups in total. The minimum atomic E-state index is -0.529. The Labute approximate surface area is 419 Å². The number of benzene rings is 6. The van der Waals surface area contributed by atoms with E-state index in [4.69, 9.17) is 0 Å². The highest BCUT2D eigenvalue weighted by Crippen LogP contribution is 2.38. The van der Waals surface area contributed by atoms with Crippen LogP contribution in [-0.4, -0.2) is 47.3 Å². The van der Waals surface area contributed by atoms with Gasteiger partial charge in [0.25, 0.3) is 11.8 Å². The third kappa shape index (κ3) is 12.4. The first-order chi connectivity index (χ1) is 34.5. The number of amides is 3. The molecule has 12 heteroatoms. The van der Waals surface area contributed by atoms with Crippen LogP contribution in [0.4, 0.5) is 10.3 Å². The average Bonchev–Trinajstić information content (AvgIpc) is 4.10.